The molecule has 6 nitrogen and oxygen atoms in total. The molecular weight excluding hydrogens is 457 g/mol. The first-order valence-electron chi connectivity index (χ1n) is 11.8. The highest BCUT2D eigenvalue weighted by Gasteiger charge is 2.32. The van der Waals surface area contributed by atoms with Gasteiger partial charge in [0.2, 0.25) is 11.8 Å². The number of hydrogen-bond donors (Lipinski definition) is 1. The third kappa shape index (κ3) is 5.43. The number of nitrogens with zero attached hydrogens (tertiary/aromatic N) is 2. The molecule has 2 aliphatic rings. The van der Waals surface area contributed by atoms with E-state index in [0.717, 1.165) is 17.5 Å². The number of nitrogens with one attached hydrogen (secondary N) is 1. The number of amides is 2. The first-order chi connectivity index (χ1) is 16.3. The van der Waals surface area contributed by atoms with Crippen LogP contribution in [0.4, 0.5) is 4.39 Å². The number of fused-ring (bicyclic) bond motifs is 1. The number of rotatable bonds is 6. The first-order valence-corrected chi connectivity index (χ1v) is 12.1. The Morgan fingerprint density at radius 3 is 2.74 bits per heavy atom. The second-order valence-corrected chi connectivity index (χ2v) is 9.42. The molecule has 1 saturated heterocycles. The van der Waals surface area contributed by atoms with Crippen LogP contribution in [0, 0.1) is 5.82 Å². The van der Waals surface area contributed by atoms with Crippen LogP contribution in [0.5, 0.6) is 0 Å². The summed E-state index contributed by atoms with van der Waals surface area (Å²) in [4.78, 5) is 29.3. The second kappa shape index (κ2) is 10.8. The lowest BCUT2D eigenvalue weighted by Crippen LogP contribution is -2.47. The summed E-state index contributed by atoms with van der Waals surface area (Å²) in [5.74, 6) is -0.632. The Morgan fingerprint density at radius 1 is 1.21 bits per heavy atom. The van der Waals surface area contributed by atoms with Crippen LogP contribution in [0.1, 0.15) is 49.0 Å². The highest BCUT2D eigenvalue weighted by molar-refractivity contribution is 6.31. The van der Waals surface area contributed by atoms with Crippen LogP contribution in [0.25, 0.3) is 0 Å². The fourth-order valence-corrected chi connectivity index (χ4v) is 5.37. The summed E-state index contributed by atoms with van der Waals surface area (Å²) in [6.45, 7) is 6.06. The molecule has 4 rings (SSSR count). The van der Waals surface area contributed by atoms with Gasteiger partial charge in [-0.05, 0) is 36.6 Å². The first kappa shape index (κ1) is 24.6. The molecule has 182 valence electrons. The van der Waals surface area contributed by atoms with Crippen LogP contribution in [-0.4, -0.2) is 60.5 Å². The SMILES string of the molecule is CC(=O)N1CCc2ccccc2C1CC(=O)NCC(c1c(F)cccc1Cl)N1CCOC(C)C1. The van der Waals surface area contributed by atoms with Gasteiger partial charge in [-0.2, -0.15) is 0 Å². The Labute approximate surface area is 205 Å². The van der Waals surface area contributed by atoms with Crippen molar-refractivity contribution in [3.05, 3.63) is 70.0 Å². The molecule has 0 aliphatic carbocycles. The van der Waals surface area contributed by atoms with Gasteiger partial charge in [0.15, 0.2) is 0 Å². The zero-order valence-corrected chi connectivity index (χ0v) is 20.4. The van der Waals surface area contributed by atoms with Crippen LogP contribution >= 0.6 is 11.6 Å². The Kier molecular flexibility index (Phi) is 7.86. The largest absolute Gasteiger partial charge is 0.376 e. The number of benzene rings is 2. The van der Waals surface area contributed by atoms with Crippen molar-refractivity contribution in [2.75, 3.05) is 32.8 Å². The molecule has 0 aromatic heterocycles. The molecule has 2 aliphatic heterocycles. The van der Waals surface area contributed by atoms with Gasteiger partial charge in [-0.3, -0.25) is 14.5 Å². The predicted octanol–water partition coefficient (Wildman–Crippen LogP) is 3.89. The van der Waals surface area contributed by atoms with Crippen LogP contribution in [0.3, 0.4) is 0 Å². The Bertz CT molecular complexity index is 1030. The molecule has 2 aromatic rings. The molecule has 2 heterocycles. The van der Waals surface area contributed by atoms with Gasteiger partial charge in [-0.25, -0.2) is 4.39 Å². The van der Waals surface area contributed by atoms with E-state index in [9.17, 15) is 14.0 Å². The number of halogens is 2. The van der Waals surface area contributed by atoms with Crippen molar-refractivity contribution < 1.29 is 18.7 Å². The van der Waals surface area contributed by atoms with Crippen LogP contribution in [-0.2, 0) is 20.7 Å². The van der Waals surface area contributed by atoms with Gasteiger partial charge in [0.1, 0.15) is 5.82 Å². The lowest BCUT2D eigenvalue weighted by atomic mass is 9.90. The molecule has 2 aromatic carbocycles. The standard InChI is InChI=1S/C26H31ClFN3O3/c1-17-16-30(12-13-34-17)24(26-21(27)8-5-9-22(26)28)15-29-25(33)14-23-20-7-4-3-6-19(20)10-11-31(23)18(2)32/h3-9,17,23-24H,10-16H2,1-2H3,(H,29,33). The molecule has 1 fully saturated rings. The van der Waals surface area contributed by atoms with Crippen LogP contribution < -0.4 is 5.32 Å². The molecule has 1 N–H and O–H groups in total. The quantitative estimate of drug-likeness (QED) is 0.671. The molecule has 0 spiro atoms. The summed E-state index contributed by atoms with van der Waals surface area (Å²) < 4.78 is 20.5. The molecule has 3 atom stereocenters. The molecule has 8 heteroatoms. The summed E-state index contributed by atoms with van der Waals surface area (Å²) in [6, 6.07) is 11.8. The Balaban J connectivity index is 1.52. The maximum atomic E-state index is 14.9. The van der Waals surface area contributed by atoms with E-state index in [0.29, 0.717) is 36.8 Å². The number of carbonyl (C=O) groups excluding carboxylic acids is 2. The van der Waals surface area contributed by atoms with E-state index in [1.165, 1.54) is 13.0 Å². The maximum absolute atomic E-state index is 14.9. The van der Waals surface area contributed by atoms with Crippen molar-refractivity contribution in [3.8, 4) is 0 Å². The van der Waals surface area contributed by atoms with E-state index in [-0.39, 0.29) is 36.9 Å². The highest BCUT2D eigenvalue weighted by Crippen LogP contribution is 2.33. The average molecular weight is 488 g/mol. The Morgan fingerprint density at radius 2 is 2.00 bits per heavy atom. The van der Waals surface area contributed by atoms with E-state index in [1.807, 2.05) is 31.2 Å². The van der Waals surface area contributed by atoms with E-state index >= 15 is 0 Å². The minimum Gasteiger partial charge on any atom is -0.376 e. The summed E-state index contributed by atoms with van der Waals surface area (Å²) in [6.07, 6.45) is 0.922. The van der Waals surface area contributed by atoms with Crippen molar-refractivity contribution >= 4 is 23.4 Å². The molecular formula is C26H31ClFN3O3. The second-order valence-electron chi connectivity index (χ2n) is 9.01. The number of ether oxygens (including phenoxy) is 1. The summed E-state index contributed by atoms with van der Waals surface area (Å²) in [7, 11) is 0. The number of hydrogen-bond acceptors (Lipinski definition) is 4. The highest BCUT2D eigenvalue weighted by atomic mass is 35.5. The van der Waals surface area contributed by atoms with Gasteiger partial charge in [0, 0.05) is 43.7 Å². The monoisotopic (exact) mass is 487 g/mol. The average Bonchev–Trinajstić information content (AvgIpc) is 2.81. The zero-order chi connectivity index (χ0) is 24.2. The molecule has 34 heavy (non-hydrogen) atoms. The normalized spacial score (nSPS) is 21.6. The topological polar surface area (TPSA) is 61.9 Å². The van der Waals surface area contributed by atoms with Gasteiger partial charge < -0.3 is 15.0 Å². The minimum absolute atomic E-state index is 0.000339. The lowest BCUT2D eigenvalue weighted by molar-refractivity contribution is -0.133. The van der Waals surface area contributed by atoms with Gasteiger partial charge in [-0.15, -0.1) is 0 Å². The smallest absolute Gasteiger partial charge is 0.222 e. The summed E-state index contributed by atoms with van der Waals surface area (Å²) in [5.41, 5.74) is 2.55. The van der Waals surface area contributed by atoms with Gasteiger partial charge in [0.05, 0.1) is 31.2 Å². The zero-order valence-electron chi connectivity index (χ0n) is 19.6. The summed E-state index contributed by atoms with van der Waals surface area (Å²) >= 11 is 6.41. The molecule has 2 amide bonds. The van der Waals surface area contributed by atoms with E-state index in [1.54, 1.807) is 17.0 Å². The predicted molar refractivity (Wildman–Crippen MR) is 129 cm³/mol. The fourth-order valence-electron chi connectivity index (χ4n) is 5.08. The van der Waals surface area contributed by atoms with Gasteiger partial charge in [0.25, 0.3) is 0 Å². The van der Waals surface area contributed by atoms with Crippen molar-refractivity contribution in [2.45, 2.75) is 44.9 Å². The molecule has 0 radical (unpaired) electrons. The number of morpholine rings is 1. The third-order valence-corrected chi connectivity index (χ3v) is 7.06. The van der Waals surface area contributed by atoms with E-state index in [4.69, 9.17) is 16.3 Å². The van der Waals surface area contributed by atoms with Crippen LogP contribution in [0.2, 0.25) is 5.02 Å². The van der Waals surface area contributed by atoms with Gasteiger partial charge >= 0.3 is 0 Å². The van der Waals surface area contributed by atoms with E-state index in [2.05, 4.69) is 10.2 Å². The van der Waals surface area contributed by atoms with Crippen molar-refractivity contribution in [1.82, 2.24) is 15.1 Å². The molecule has 3 unspecified atom stereocenters. The number of carbonyl (C=O) groups is 2. The van der Waals surface area contributed by atoms with Crippen molar-refractivity contribution in [2.24, 2.45) is 0 Å². The Hall–Kier alpha value is -2.48. The maximum Gasteiger partial charge on any atom is 0.222 e. The van der Waals surface area contributed by atoms with Gasteiger partial charge in [-0.1, -0.05) is 41.9 Å². The molecule has 0 bridgehead atoms. The van der Waals surface area contributed by atoms with Crippen LogP contribution in [0.15, 0.2) is 42.5 Å². The third-order valence-electron chi connectivity index (χ3n) is 6.73. The lowest BCUT2D eigenvalue weighted by Gasteiger charge is -2.38. The van der Waals surface area contributed by atoms with Crippen molar-refractivity contribution in [1.29, 1.82) is 0 Å². The minimum atomic E-state index is -0.424. The molecule has 0 saturated carbocycles. The van der Waals surface area contributed by atoms with Crippen molar-refractivity contribution in [3.63, 3.8) is 0 Å². The summed E-state index contributed by atoms with van der Waals surface area (Å²) in [5, 5.41) is 3.34. The van der Waals surface area contributed by atoms with E-state index < -0.39 is 11.9 Å². The fraction of sp³-hybridized carbons (Fsp3) is 0.462.